The van der Waals surface area contributed by atoms with E-state index < -0.39 is 0 Å². The van der Waals surface area contributed by atoms with Crippen molar-refractivity contribution in [2.45, 2.75) is 77.6 Å². The molecular weight excluding hydrogens is 198 g/mol. The molecule has 0 aromatic heterocycles. The molecule has 0 aromatic carbocycles. The highest BCUT2D eigenvalue weighted by Gasteiger charge is 1.92. The minimum Gasteiger partial charge on any atom is -0.292 e. The molecule has 0 aliphatic rings. The third-order valence-corrected chi connectivity index (χ3v) is 2.97. The molecule has 0 bridgehead atoms. The van der Waals surface area contributed by atoms with Gasteiger partial charge < -0.3 is 0 Å². The van der Waals surface area contributed by atoms with E-state index in [9.17, 15) is 0 Å². The van der Waals surface area contributed by atoms with Crippen LogP contribution >= 0.6 is 0 Å². The van der Waals surface area contributed by atoms with E-state index in [1.807, 2.05) is 0 Å². The Kier molecular flexibility index (Phi) is 13.9. The third kappa shape index (κ3) is 13.4. The lowest BCUT2D eigenvalue weighted by molar-refractivity contribution is 0.538. The highest BCUT2D eigenvalue weighted by Crippen LogP contribution is 2.10. The molecule has 0 amide bonds. The lowest BCUT2D eigenvalue weighted by atomic mass is 10.1. The molecule has 0 fully saturated rings. The van der Waals surface area contributed by atoms with E-state index in [1.165, 1.54) is 64.2 Å². The molecule has 0 radical (unpaired) electrons. The van der Waals surface area contributed by atoms with Gasteiger partial charge in [-0.2, -0.15) is 5.53 Å². The summed E-state index contributed by atoms with van der Waals surface area (Å²) in [6, 6.07) is 0. The maximum Gasteiger partial charge on any atom is 0.0346 e. The summed E-state index contributed by atoms with van der Waals surface area (Å²) in [6.07, 6.45) is 15.0. The molecule has 2 N–H and O–H groups in total. The van der Waals surface area contributed by atoms with Gasteiger partial charge in [0.05, 0.1) is 0 Å². The van der Waals surface area contributed by atoms with Crippen LogP contribution in [-0.2, 0) is 0 Å². The van der Waals surface area contributed by atoms with Gasteiger partial charge in [-0.15, -0.1) is 0 Å². The van der Waals surface area contributed by atoms with Gasteiger partial charge in [0.2, 0.25) is 0 Å². The van der Waals surface area contributed by atoms with Crippen molar-refractivity contribution in [3.63, 3.8) is 0 Å². The van der Waals surface area contributed by atoms with E-state index in [-0.39, 0.29) is 0 Å². The third-order valence-electron chi connectivity index (χ3n) is 2.97. The average Bonchev–Trinajstić information content (AvgIpc) is 2.31. The molecule has 0 spiro atoms. The summed E-state index contributed by atoms with van der Waals surface area (Å²) < 4.78 is 0. The van der Waals surface area contributed by atoms with E-state index in [4.69, 9.17) is 5.53 Å². The Morgan fingerprint density at radius 3 is 1.62 bits per heavy atom. The van der Waals surface area contributed by atoms with E-state index in [0.717, 1.165) is 13.0 Å². The first-order chi connectivity index (χ1) is 7.91. The molecule has 0 aliphatic heterocycles. The molecule has 0 saturated carbocycles. The summed E-state index contributed by atoms with van der Waals surface area (Å²) in [5.41, 5.74) is 9.23. The van der Waals surface area contributed by atoms with E-state index in [2.05, 4.69) is 17.6 Å². The molecule has 0 rings (SSSR count). The van der Waals surface area contributed by atoms with Crippen molar-refractivity contribution in [3.05, 3.63) is 0 Å². The van der Waals surface area contributed by atoms with Gasteiger partial charge >= 0.3 is 0 Å². The zero-order chi connectivity index (χ0) is 11.9. The molecule has 0 heterocycles. The fourth-order valence-electron chi connectivity index (χ4n) is 1.92. The van der Waals surface area contributed by atoms with Crippen molar-refractivity contribution in [3.8, 4) is 0 Å². The van der Waals surface area contributed by atoms with Crippen LogP contribution in [0.25, 0.3) is 0 Å². The van der Waals surface area contributed by atoms with Crippen molar-refractivity contribution in [2.75, 3.05) is 6.54 Å². The smallest absolute Gasteiger partial charge is 0.0346 e. The van der Waals surface area contributed by atoms with Gasteiger partial charge in [0.25, 0.3) is 0 Å². The number of hydrogen-bond donors (Lipinski definition) is 2. The van der Waals surface area contributed by atoms with Crippen molar-refractivity contribution in [1.29, 1.82) is 5.53 Å². The van der Waals surface area contributed by atoms with Crippen LogP contribution in [0.3, 0.4) is 0 Å². The molecule has 96 valence electrons. The number of rotatable bonds is 13. The Morgan fingerprint density at radius 1 is 0.750 bits per heavy atom. The lowest BCUT2D eigenvalue weighted by Gasteiger charge is -2.02. The SMILES string of the molecule is CCCCCCCCCCCCCNN=N. The number of nitrogens with zero attached hydrogens (tertiary/aromatic N) is 1. The van der Waals surface area contributed by atoms with Crippen LogP contribution in [-0.4, -0.2) is 6.54 Å². The molecule has 3 heteroatoms. The Labute approximate surface area is 101 Å². The predicted molar refractivity (Wildman–Crippen MR) is 69.6 cm³/mol. The van der Waals surface area contributed by atoms with Crippen LogP contribution in [0.1, 0.15) is 77.6 Å². The predicted octanol–water partition coefficient (Wildman–Crippen LogP) is 4.83. The molecule has 0 aliphatic carbocycles. The summed E-state index contributed by atoms with van der Waals surface area (Å²) in [5, 5.41) is 3.12. The second kappa shape index (κ2) is 14.4. The molecule has 0 atom stereocenters. The Balaban J connectivity index is 2.85. The topological polar surface area (TPSA) is 48.2 Å². The van der Waals surface area contributed by atoms with E-state index >= 15 is 0 Å². The minimum absolute atomic E-state index is 0.862. The van der Waals surface area contributed by atoms with Crippen molar-refractivity contribution in [1.82, 2.24) is 5.43 Å². The molecule has 3 nitrogen and oxygen atoms in total. The monoisotopic (exact) mass is 227 g/mol. The highest BCUT2D eigenvalue weighted by molar-refractivity contribution is 4.48. The van der Waals surface area contributed by atoms with Gasteiger partial charge in [0.15, 0.2) is 0 Å². The van der Waals surface area contributed by atoms with Crippen LogP contribution in [0.15, 0.2) is 5.22 Å². The maximum atomic E-state index is 6.56. The molecular formula is C13H29N3. The van der Waals surface area contributed by atoms with Crippen LogP contribution in [0, 0.1) is 5.53 Å². The molecule has 0 aromatic rings. The number of unbranched alkanes of at least 4 members (excludes halogenated alkanes) is 10. The quantitative estimate of drug-likeness (QED) is 0.264. The fourth-order valence-corrected chi connectivity index (χ4v) is 1.92. The first kappa shape index (κ1) is 15.4. The summed E-state index contributed by atoms with van der Waals surface area (Å²) in [7, 11) is 0. The van der Waals surface area contributed by atoms with Gasteiger partial charge in [-0.05, 0) is 6.42 Å². The normalized spacial score (nSPS) is 10.3. The van der Waals surface area contributed by atoms with Gasteiger partial charge in [0.1, 0.15) is 0 Å². The van der Waals surface area contributed by atoms with Gasteiger partial charge in [0, 0.05) is 6.54 Å². The maximum absolute atomic E-state index is 6.56. The second-order valence-electron chi connectivity index (χ2n) is 4.56. The highest BCUT2D eigenvalue weighted by atomic mass is 15.4. The van der Waals surface area contributed by atoms with Gasteiger partial charge in [-0.25, -0.2) is 0 Å². The largest absolute Gasteiger partial charge is 0.292 e. The average molecular weight is 227 g/mol. The fraction of sp³-hybridized carbons (Fsp3) is 1.00. The first-order valence-corrected chi connectivity index (χ1v) is 7.01. The van der Waals surface area contributed by atoms with Crippen LogP contribution < -0.4 is 5.43 Å². The lowest BCUT2D eigenvalue weighted by Crippen LogP contribution is -2.05. The number of nitrogens with one attached hydrogen (secondary N) is 2. The van der Waals surface area contributed by atoms with Crippen molar-refractivity contribution >= 4 is 0 Å². The summed E-state index contributed by atoms with van der Waals surface area (Å²) in [6.45, 7) is 3.13. The van der Waals surface area contributed by atoms with Gasteiger partial charge in [-0.1, -0.05) is 76.4 Å². The molecule has 0 unspecified atom stereocenters. The number of hydrogen-bond acceptors (Lipinski definition) is 2. The first-order valence-electron chi connectivity index (χ1n) is 7.01. The minimum atomic E-state index is 0.862. The summed E-state index contributed by atoms with van der Waals surface area (Å²) in [4.78, 5) is 0. The zero-order valence-corrected chi connectivity index (χ0v) is 10.9. The molecule has 16 heavy (non-hydrogen) atoms. The van der Waals surface area contributed by atoms with Crippen LogP contribution in [0.4, 0.5) is 0 Å². The van der Waals surface area contributed by atoms with Gasteiger partial charge in [-0.3, -0.25) is 5.43 Å². The standard InChI is InChI=1S/C13H29N3/c1-2-3-4-5-6-7-8-9-10-11-12-13-15-16-14/h2-13H2,1H3,(H2,14,15). The van der Waals surface area contributed by atoms with Crippen molar-refractivity contribution in [2.24, 2.45) is 5.22 Å². The Bertz CT molecular complexity index is 137. The summed E-state index contributed by atoms with van der Waals surface area (Å²) in [5.74, 6) is 0. The Morgan fingerprint density at radius 2 is 1.19 bits per heavy atom. The van der Waals surface area contributed by atoms with Crippen molar-refractivity contribution < 1.29 is 0 Å². The van der Waals surface area contributed by atoms with Crippen LogP contribution in [0.2, 0.25) is 0 Å². The van der Waals surface area contributed by atoms with Crippen LogP contribution in [0.5, 0.6) is 0 Å². The van der Waals surface area contributed by atoms with E-state index in [0.29, 0.717) is 0 Å². The Hall–Kier alpha value is -0.600. The summed E-state index contributed by atoms with van der Waals surface area (Å²) >= 11 is 0. The second-order valence-corrected chi connectivity index (χ2v) is 4.56. The molecule has 0 saturated heterocycles. The zero-order valence-electron chi connectivity index (χ0n) is 10.9. The van der Waals surface area contributed by atoms with E-state index in [1.54, 1.807) is 0 Å².